The van der Waals surface area contributed by atoms with Gasteiger partial charge in [0.2, 0.25) is 17.7 Å². The molecule has 182 valence electrons. The van der Waals surface area contributed by atoms with Crippen LogP contribution in [0.4, 0.5) is 29.0 Å². The van der Waals surface area contributed by atoms with Crippen LogP contribution in [0.1, 0.15) is 5.56 Å². The number of aromatic nitrogens is 3. The number of hydrogen-bond donors (Lipinski definition) is 4. The van der Waals surface area contributed by atoms with Gasteiger partial charge in [0.15, 0.2) is 0 Å². The van der Waals surface area contributed by atoms with E-state index < -0.39 is 4.92 Å². The number of pyridine rings is 1. The van der Waals surface area contributed by atoms with E-state index in [2.05, 4.69) is 30.9 Å². The average Bonchev–Trinajstić information content (AvgIpc) is 2.88. The largest absolute Gasteiger partial charge is 0.378 e. The number of nitrogens with two attached hydrogens (primary N) is 1. The van der Waals surface area contributed by atoms with Gasteiger partial charge in [-0.3, -0.25) is 14.9 Å². The van der Waals surface area contributed by atoms with Crippen LogP contribution in [-0.4, -0.2) is 38.9 Å². The molecule has 0 radical (unpaired) electrons. The zero-order valence-electron chi connectivity index (χ0n) is 19.2. The van der Waals surface area contributed by atoms with Crippen molar-refractivity contribution in [3.63, 3.8) is 0 Å². The fourth-order valence-electron chi connectivity index (χ4n) is 3.40. The Morgan fingerprint density at radius 1 is 0.917 bits per heavy atom. The first kappa shape index (κ1) is 24.1. The Balaban J connectivity index is 1.28. The summed E-state index contributed by atoms with van der Waals surface area (Å²) < 4.78 is 0. The standard InChI is InChI=1S/C25H24N8O3/c26-24-21(33(35)36)10-11-22(32-24)27-14-15-29-25-28-13-12-20(31-25)18-6-8-19(9-7-18)30-23(34)16-17-4-2-1-3-5-17/h1-13H,14-16H2,(H,30,34)(H3,26,27,32)(H,28,29,31). The molecular formula is C25H24N8O3. The van der Waals surface area contributed by atoms with Gasteiger partial charge >= 0.3 is 5.69 Å². The molecule has 0 fully saturated rings. The van der Waals surface area contributed by atoms with Crippen LogP contribution in [0, 0.1) is 10.1 Å². The zero-order valence-corrected chi connectivity index (χ0v) is 19.2. The molecule has 2 heterocycles. The molecule has 0 unspecified atom stereocenters. The number of anilines is 4. The van der Waals surface area contributed by atoms with Crippen molar-refractivity contribution in [3.8, 4) is 11.3 Å². The number of hydrogen-bond acceptors (Lipinski definition) is 9. The molecule has 2 aromatic carbocycles. The highest BCUT2D eigenvalue weighted by molar-refractivity contribution is 5.92. The molecule has 0 aliphatic heterocycles. The first-order valence-electron chi connectivity index (χ1n) is 11.1. The molecule has 1 amide bonds. The van der Waals surface area contributed by atoms with E-state index in [4.69, 9.17) is 5.73 Å². The Hall–Kier alpha value is -5.06. The number of nitrogens with zero attached hydrogens (tertiary/aromatic N) is 4. The van der Waals surface area contributed by atoms with E-state index in [9.17, 15) is 14.9 Å². The smallest absolute Gasteiger partial charge is 0.311 e. The van der Waals surface area contributed by atoms with Crippen LogP contribution in [0.5, 0.6) is 0 Å². The van der Waals surface area contributed by atoms with Crippen molar-refractivity contribution >= 4 is 34.9 Å². The Labute approximate surface area is 207 Å². The highest BCUT2D eigenvalue weighted by Crippen LogP contribution is 2.21. The van der Waals surface area contributed by atoms with E-state index in [0.717, 1.165) is 16.8 Å². The predicted octanol–water partition coefficient (Wildman–Crippen LogP) is 3.73. The highest BCUT2D eigenvalue weighted by atomic mass is 16.6. The van der Waals surface area contributed by atoms with Crippen LogP contribution in [0.3, 0.4) is 0 Å². The molecule has 0 spiro atoms. The van der Waals surface area contributed by atoms with E-state index >= 15 is 0 Å². The van der Waals surface area contributed by atoms with Gasteiger partial charge in [-0.25, -0.2) is 15.0 Å². The van der Waals surface area contributed by atoms with Crippen LogP contribution >= 0.6 is 0 Å². The third-order valence-corrected chi connectivity index (χ3v) is 5.14. The molecule has 0 aliphatic carbocycles. The van der Waals surface area contributed by atoms with Crippen molar-refractivity contribution in [1.82, 2.24) is 15.0 Å². The van der Waals surface area contributed by atoms with Crippen LogP contribution in [0.25, 0.3) is 11.3 Å². The lowest BCUT2D eigenvalue weighted by Gasteiger charge is -2.09. The fourth-order valence-corrected chi connectivity index (χ4v) is 3.40. The summed E-state index contributed by atoms with van der Waals surface area (Å²) in [5.74, 6) is 0.662. The predicted molar refractivity (Wildman–Crippen MR) is 139 cm³/mol. The molecule has 0 saturated carbocycles. The summed E-state index contributed by atoms with van der Waals surface area (Å²) in [5.41, 5.74) is 8.65. The number of carbonyl (C=O) groups excluding carboxylic acids is 1. The number of nitro groups is 1. The molecule has 11 heteroatoms. The third-order valence-electron chi connectivity index (χ3n) is 5.14. The van der Waals surface area contributed by atoms with Gasteiger partial charge in [0, 0.05) is 36.6 Å². The van der Waals surface area contributed by atoms with Crippen molar-refractivity contribution in [2.24, 2.45) is 0 Å². The molecule has 5 N–H and O–H groups in total. The number of rotatable bonds is 10. The fraction of sp³-hybridized carbons (Fsp3) is 0.120. The van der Waals surface area contributed by atoms with Crippen molar-refractivity contribution in [1.29, 1.82) is 0 Å². The summed E-state index contributed by atoms with van der Waals surface area (Å²) in [6.07, 6.45) is 1.97. The minimum atomic E-state index is -0.576. The first-order chi connectivity index (χ1) is 17.5. The molecule has 0 aliphatic rings. The third kappa shape index (κ3) is 6.50. The minimum Gasteiger partial charge on any atom is -0.378 e. The molecular weight excluding hydrogens is 460 g/mol. The van der Waals surface area contributed by atoms with Crippen LogP contribution in [0.15, 0.2) is 79.0 Å². The normalized spacial score (nSPS) is 10.4. The molecule has 0 saturated heterocycles. The lowest BCUT2D eigenvalue weighted by Crippen LogP contribution is -2.16. The summed E-state index contributed by atoms with van der Waals surface area (Å²) in [6.45, 7) is 0.948. The summed E-state index contributed by atoms with van der Waals surface area (Å²) in [4.78, 5) is 35.3. The number of benzene rings is 2. The number of carbonyl (C=O) groups is 1. The second kappa shape index (κ2) is 11.4. The molecule has 4 rings (SSSR count). The van der Waals surface area contributed by atoms with Gasteiger partial charge in [-0.15, -0.1) is 0 Å². The number of amides is 1. The summed E-state index contributed by atoms with van der Waals surface area (Å²) in [5, 5.41) is 19.9. The van der Waals surface area contributed by atoms with Gasteiger partial charge in [-0.1, -0.05) is 42.5 Å². The molecule has 4 aromatic rings. The maximum absolute atomic E-state index is 12.3. The maximum atomic E-state index is 12.3. The average molecular weight is 485 g/mol. The number of nitrogens with one attached hydrogen (secondary N) is 3. The quantitative estimate of drug-likeness (QED) is 0.149. The van der Waals surface area contributed by atoms with Gasteiger partial charge in [0.05, 0.1) is 17.0 Å². The van der Waals surface area contributed by atoms with E-state index in [-0.39, 0.29) is 17.4 Å². The molecule has 0 atom stereocenters. The Bertz CT molecular complexity index is 1350. The highest BCUT2D eigenvalue weighted by Gasteiger charge is 2.12. The molecule has 36 heavy (non-hydrogen) atoms. The van der Waals surface area contributed by atoms with E-state index in [0.29, 0.717) is 37.0 Å². The van der Waals surface area contributed by atoms with E-state index in [1.54, 1.807) is 12.3 Å². The summed E-state index contributed by atoms with van der Waals surface area (Å²) >= 11 is 0. The van der Waals surface area contributed by atoms with E-state index in [1.807, 2.05) is 54.6 Å². The molecule has 11 nitrogen and oxygen atoms in total. The Kier molecular flexibility index (Phi) is 7.61. The van der Waals surface area contributed by atoms with Crippen molar-refractivity contribution in [3.05, 3.63) is 94.7 Å². The second-order valence-electron chi connectivity index (χ2n) is 7.76. The van der Waals surface area contributed by atoms with Gasteiger partial charge in [-0.05, 0) is 29.8 Å². The second-order valence-corrected chi connectivity index (χ2v) is 7.76. The summed E-state index contributed by atoms with van der Waals surface area (Å²) in [6, 6.07) is 21.6. The Morgan fingerprint density at radius 2 is 1.67 bits per heavy atom. The first-order valence-corrected chi connectivity index (χ1v) is 11.1. The topological polar surface area (TPSA) is 161 Å². The van der Waals surface area contributed by atoms with Crippen LogP contribution in [-0.2, 0) is 11.2 Å². The number of nitrogen functional groups attached to an aromatic ring is 1. The van der Waals surface area contributed by atoms with Crippen molar-refractivity contribution < 1.29 is 9.72 Å². The maximum Gasteiger partial charge on any atom is 0.311 e. The summed E-state index contributed by atoms with van der Waals surface area (Å²) in [7, 11) is 0. The minimum absolute atomic E-state index is 0.0808. The van der Waals surface area contributed by atoms with Crippen molar-refractivity contribution in [2.45, 2.75) is 6.42 Å². The Morgan fingerprint density at radius 3 is 2.39 bits per heavy atom. The van der Waals surface area contributed by atoms with Gasteiger partial charge in [-0.2, -0.15) is 0 Å². The molecule has 2 aromatic heterocycles. The monoisotopic (exact) mass is 484 g/mol. The van der Waals surface area contributed by atoms with Crippen molar-refractivity contribution in [2.75, 3.05) is 34.8 Å². The lowest BCUT2D eigenvalue weighted by molar-refractivity contribution is -0.384. The van der Waals surface area contributed by atoms with E-state index in [1.165, 1.54) is 12.1 Å². The van der Waals surface area contributed by atoms with Crippen LogP contribution in [0.2, 0.25) is 0 Å². The lowest BCUT2D eigenvalue weighted by atomic mass is 10.1. The van der Waals surface area contributed by atoms with Gasteiger partial charge < -0.3 is 21.7 Å². The zero-order chi connectivity index (χ0) is 25.3. The molecule has 0 bridgehead atoms. The van der Waals surface area contributed by atoms with Gasteiger partial charge in [0.1, 0.15) is 5.82 Å². The van der Waals surface area contributed by atoms with Gasteiger partial charge in [0.25, 0.3) is 0 Å². The van der Waals surface area contributed by atoms with Crippen LogP contribution < -0.4 is 21.7 Å². The SMILES string of the molecule is Nc1nc(NCCNc2nccc(-c3ccc(NC(=O)Cc4ccccc4)cc3)n2)ccc1[N+](=O)[O-].